The number of nitrogens with two attached hydrogens (primary N) is 1. The average Bonchev–Trinajstić information content (AvgIpc) is 2.93. The highest BCUT2D eigenvalue weighted by atomic mass is 16.1. The summed E-state index contributed by atoms with van der Waals surface area (Å²) < 4.78 is 0. The molecule has 0 bridgehead atoms. The maximum absolute atomic E-state index is 12.4. The molecule has 0 saturated carbocycles. The van der Waals surface area contributed by atoms with Crippen LogP contribution in [0.2, 0.25) is 0 Å². The van der Waals surface area contributed by atoms with E-state index in [2.05, 4.69) is 22.1 Å². The molecule has 1 saturated heterocycles. The van der Waals surface area contributed by atoms with Gasteiger partial charge in [0.05, 0.1) is 11.2 Å². The minimum Gasteiger partial charge on any atom is -0.397 e. The Hall–Kier alpha value is -2.01. The molecule has 3 rings (SSSR count). The molecule has 1 aliphatic heterocycles. The lowest BCUT2D eigenvalue weighted by atomic mass is 10.1. The Balaban J connectivity index is 1.73. The van der Waals surface area contributed by atoms with Gasteiger partial charge in [0.1, 0.15) is 5.69 Å². The van der Waals surface area contributed by atoms with Crippen LogP contribution in [-0.4, -0.2) is 41.5 Å². The average molecular weight is 286 g/mol. The van der Waals surface area contributed by atoms with Gasteiger partial charge in [0.15, 0.2) is 0 Å². The standard InChI is InChI=1S/C16H22N4O/c1-2-20-8-4-6-12(10-20)18-16(21)14-9-11-5-3-7-13(17)15(11)19-14/h3,5,7,9,12,19H,2,4,6,8,10,17H2,1H3,(H,18,21). The van der Waals surface area contributed by atoms with Crippen molar-refractivity contribution in [3.8, 4) is 0 Å². The molecule has 0 spiro atoms. The Kier molecular flexibility index (Phi) is 3.84. The van der Waals surface area contributed by atoms with Gasteiger partial charge in [0.25, 0.3) is 5.91 Å². The number of likely N-dealkylation sites (tertiary alicyclic amines) is 1. The van der Waals surface area contributed by atoms with E-state index >= 15 is 0 Å². The number of carbonyl (C=O) groups excluding carboxylic acids is 1. The van der Waals surface area contributed by atoms with Crippen molar-refractivity contribution >= 4 is 22.5 Å². The molecular weight excluding hydrogens is 264 g/mol. The first-order chi connectivity index (χ1) is 10.2. The summed E-state index contributed by atoms with van der Waals surface area (Å²) in [6, 6.07) is 7.78. The van der Waals surface area contributed by atoms with Crippen LogP contribution in [0, 0.1) is 0 Å². The van der Waals surface area contributed by atoms with Gasteiger partial charge in [-0.25, -0.2) is 0 Å². The van der Waals surface area contributed by atoms with Crippen LogP contribution in [0.15, 0.2) is 24.3 Å². The molecule has 4 N–H and O–H groups in total. The van der Waals surface area contributed by atoms with Crippen molar-refractivity contribution in [1.82, 2.24) is 15.2 Å². The minimum atomic E-state index is -0.0476. The molecule has 5 nitrogen and oxygen atoms in total. The van der Waals surface area contributed by atoms with E-state index in [9.17, 15) is 4.79 Å². The number of amides is 1. The lowest BCUT2D eigenvalue weighted by Crippen LogP contribution is -2.47. The van der Waals surface area contributed by atoms with Gasteiger partial charge >= 0.3 is 0 Å². The molecule has 112 valence electrons. The number of nitrogen functional groups attached to an aromatic ring is 1. The number of para-hydroxylation sites is 1. The van der Waals surface area contributed by atoms with Gasteiger partial charge in [-0.05, 0) is 38.1 Å². The van der Waals surface area contributed by atoms with Crippen LogP contribution in [-0.2, 0) is 0 Å². The number of nitrogens with zero attached hydrogens (tertiary/aromatic N) is 1. The van der Waals surface area contributed by atoms with E-state index in [1.54, 1.807) is 0 Å². The maximum atomic E-state index is 12.4. The number of H-pyrrole nitrogens is 1. The molecule has 1 fully saturated rings. The molecule has 1 amide bonds. The number of benzene rings is 1. The number of piperidine rings is 1. The van der Waals surface area contributed by atoms with Crippen LogP contribution in [0.3, 0.4) is 0 Å². The Morgan fingerprint density at radius 1 is 1.52 bits per heavy atom. The third kappa shape index (κ3) is 2.88. The number of hydrogen-bond acceptors (Lipinski definition) is 3. The van der Waals surface area contributed by atoms with E-state index in [0.717, 1.165) is 43.4 Å². The molecule has 2 heterocycles. The smallest absolute Gasteiger partial charge is 0.267 e. The highest BCUT2D eigenvalue weighted by Crippen LogP contribution is 2.21. The van der Waals surface area contributed by atoms with Crippen LogP contribution in [0.1, 0.15) is 30.3 Å². The van der Waals surface area contributed by atoms with E-state index in [4.69, 9.17) is 5.73 Å². The minimum absolute atomic E-state index is 0.0476. The van der Waals surface area contributed by atoms with Gasteiger partial charge in [0.2, 0.25) is 0 Å². The SMILES string of the molecule is CCN1CCCC(NC(=O)c2cc3cccc(N)c3[nH]2)C1. The number of carbonyl (C=O) groups is 1. The second kappa shape index (κ2) is 5.77. The predicted molar refractivity (Wildman–Crippen MR) is 85.3 cm³/mol. The van der Waals surface area contributed by atoms with Crippen molar-refractivity contribution in [2.45, 2.75) is 25.8 Å². The predicted octanol–water partition coefficient (Wildman–Crippen LogP) is 1.96. The molecule has 2 aromatic rings. The van der Waals surface area contributed by atoms with Crippen molar-refractivity contribution < 1.29 is 4.79 Å². The summed E-state index contributed by atoms with van der Waals surface area (Å²) >= 11 is 0. The first kappa shape index (κ1) is 13.9. The quantitative estimate of drug-likeness (QED) is 0.755. The molecule has 1 unspecified atom stereocenters. The van der Waals surface area contributed by atoms with Gasteiger partial charge in [0, 0.05) is 18.0 Å². The summed E-state index contributed by atoms with van der Waals surface area (Å²) in [5, 5.41) is 4.10. The molecule has 1 atom stereocenters. The topological polar surface area (TPSA) is 74.2 Å². The van der Waals surface area contributed by atoms with Crippen molar-refractivity contribution in [1.29, 1.82) is 0 Å². The van der Waals surface area contributed by atoms with Gasteiger partial charge in [-0.2, -0.15) is 0 Å². The maximum Gasteiger partial charge on any atom is 0.267 e. The van der Waals surface area contributed by atoms with Crippen LogP contribution < -0.4 is 11.1 Å². The fraction of sp³-hybridized carbons (Fsp3) is 0.438. The van der Waals surface area contributed by atoms with E-state index in [0.29, 0.717) is 11.4 Å². The fourth-order valence-corrected chi connectivity index (χ4v) is 3.03. The number of hydrogen-bond donors (Lipinski definition) is 3. The van der Waals surface area contributed by atoms with Crippen molar-refractivity contribution in [2.24, 2.45) is 0 Å². The lowest BCUT2D eigenvalue weighted by Gasteiger charge is -2.32. The second-order valence-electron chi connectivity index (χ2n) is 5.70. The number of rotatable bonds is 3. The molecule has 1 aromatic heterocycles. The number of fused-ring (bicyclic) bond motifs is 1. The normalized spacial score (nSPS) is 19.8. The van der Waals surface area contributed by atoms with Gasteiger partial charge < -0.3 is 20.9 Å². The Morgan fingerprint density at radius 3 is 3.14 bits per heavy atom. The summed E-state index contributed by atoms with van der Waals surface area (Å²) in [5.41, 5.74) is 8.00. The zero-order chi connectivity index (χ0) is 14.8. The molecule has 0 aliphatic carbocycles. The van der Waals surface area contributed by atoms with Crippen molar-refractivity contribution in [3.63, 3.8) is 0 Å². The summed E-state index contributed by atoms with van der Waals surface area (Å²) in [7, 11) is 0. The molecule has 0 radical (unpaired) electrons. The number of aromatic amines is 1. The summed E-state index contributed by atoms with van der Waals surface area (Å²) in [4.78, 5) is 17.9. The number of anilines is 1. The van der Waals surface area contributed by atoms with Crippen molar-refractivity contribution in [2.75, 3.05) is 25.4 Å². The first-order valence-corrected chi connectivity index (χ1v) is 7.58. The molecule has 1 aliphatic rings. The highest BCUT2D eigenvalue weighted by molar-refractivity contribution is 6.00. The molecular formula is C16H22N4O. The molecule has 1 aromatic carbocycles. The molecule has 5 heteroatoms. The monoisotopic (exact) mass is 286 g/mol. The third-order valence-corrected chi connectivity index (χ3v) is 4.22. The summed E-state index contributed by atoms with van der Waals surface area (Å²) in [5.74, 6) is -0.0476. The first-order valence-electron chi connectivity index (χ1n) is 7.58. The largest absolute Gasteiger partial charge is 0.397 e. The number of likely N-dealkylation sites (N-methyl/N-ethyl adjacent to an activating group) is 1. The van der Waals surface area contributed by atoms with E-state index in [-0.39, 0.29) is 11.9 Å². The van der Waals surface area contributed by atoms with Gasteiger partial charge in [-0.15, -0.1) is 0 Å². The zero-order valence-corrected chi connectivity index (χ0v) is 12.4. The van der Waals surface area contributed by atoms with E-state index < -0.39 is 0 Å². The van der Waals surface area contributed by atoms with Crippen LogP contribution in [0.4, 0.5) is 5.69 Å². The Bertz CT molecular complexity index is 649. The highest BCUT2D eigenvalue weighted by Gasteiger charge is 2.21. The van der Waals surface area contributed by atoms with E-state index in [1.165, 1.54) is 0 Å². The van der Waals surface area contributed by atoms with Gasteiger partial charge in [-0.1, -0.05) is 19.1 Å². The third-order valence-electron chi connectivity index (χ3n) is 4.22. The lowest BCUT2D eigenvalue weighted by molar-refractivity contribution is 0.0901. The summed E-state index contributed by atoms with van der Waals surface area (Å²) in [6.45, 7) is 5.26. The van der Waals surface area contributed by atoms with Crippen LogP contribution >= 0.6 is 0 Å². The molecule has 21 heavy (non-hydrogen) atoms. The zero-order valence-electron chi connectivity index (χ0n) is 12.4. The van der Waals surface area contributed by atoms with Crippen LogP contribution in [0.5, 0.6) is 0 Å². The number of aromatic nitrogens is 1. The Morgan fingerprint density at radius 2 is 2.38 bits per heavy atom. The Labute approximate surface area is 124 Å². The summed E-state index contributed by atoms with van der Waals surface area (Å²) in [6.07, 6.45) is 2.18. The number of nitrogens with one attached hydrogen (secondary N) is 2. The van der Waals surface area contributed by atoms with Crippen LogP contribution in [0.25, 0.3) is 10.9 Å². The van der Waals surface area contributed by atoms with E-state index in [1.807, 2.05) is 24.3 Å². The van der Waals surface area contributed by atoms with Crippen molar-refractivity contribution in [3.05, 3.63) is 30.0 Å². The second-order valence-corrected chi connectivity index (χ2v) is 5.70. The van der Waals surface area contributed by atoms with Gasteiger partial charge in [-0.3, -0.25) is 4.79 Å². The fourth-order valence-electron chi connectivity index (χ4n) is 3.03.